The average molecular weight is 604 g/mol. The number of amides is 2. The molecule has 2 unspecified atom stereocenters. The molecular weight excluding hydrogens is 558 g/mol. The van der Waals surface area contributed by atoms with E-state index in [4.69, 9.17) is 14.2 Å². The summed E-state index contributed by atoms with van der Waals surface area (Å²) < 4.78 is 18.8. The molecule has 0 spiro atoms. The number of anilines is 1. The van der Waals surface area contributed by atoms with Crippen LogP contribution < -0.4 is 9.64 Å². The highest BCUT2D eigenvalue weighted by Gasteiger charge is 2.35. The number of hydrogen-bond acceptors (Lipinski definition) is 7. The molecule has 3 heterocycles. The van der Waals surface area contributed by atoms with Crippen LogP contribution in [0.1, 0.15) is 64.3 Å². The Morgan fingerprint density at radius 2 is 1.86 bits per heavy atom. The van der Waals surface area contributed by atoms with E-state index in [1.165, 1.54) is 0 Å². The predicted molar refractivity (Wildman–Crippen MR) is 170 cm³/mol. The first-order valence-electron chi connectivity index (χ1n) is 15.5. The SMILES string of the molecule is COc1cccc(C2C(=O)N(c3ccc(-c4cnn(C5CCCCO5)c4)cc3)CCCN2CCN(C)C(=O)OC(C)(C)C)c1. The molecule has 2 aliphatic heterocycles. The topological polar surface area (TPSA) is 89.4 Å². The van der Waals surface area contributed by atoms with E-state index in [1.807, 2.05) is 91.3 Å². The highest BCUT2D eigenvalue weighted by molar-refractivity contribution is 5.98. The number of ether oxygens (including phenoxy) is 3. The molecule has 2 aliphatic rings. The summed E-state index contributed by atoms with van der Waals surface area (Å²) in [6, 6.07) is 15.3. The standard InChI is InChI=1S/C34H45N5O5/c1-34(2,3)44-33(41)36(4)19-20-37-17-9-18-38(32(40)31(37)26-10-8-11-29(22-26)42-5)28-15-13-25(14-16-28)27-23-35-39(24-27)30-12-6-7-21-43-30/h8,10-11,13-16,22-24,30-31H,6-7,9,12,17-21H2,1-5H3. The Morgan fingerprint density at radius 1 is 1.07 bits per heavy atom. The molecule has 0 N–H and O–H groups in total. The van der Waals surface area contributed by atoms with Crippen LogP contribution in [-0.4, -0.2) is 84.1 Å². The Bertz CT molecular complexity index is 1410. The van der Waals surface area contributed by atoms with Crippen molar-refractivity contribution in [3.05, 3.63) is 66.5 Å². The van der Waals surface area contributed by atoms with E-state index < -0.39 is 11.6 Å². The molecule has 44 heavy (non-hydrogen) atoms. The van der Waals surface area contributed by atoms with Crippen LogP contribution in [-0.2, 0) is 14.3 Å². The van der Waals surface area contributed by atoms with E-state index >= 15 is 0 Å². The summed E-state index contributed by atoms with van der Waals surface area (Å²) in [4.78, 5) is 32.6. The molecular formula is C34H45N5O5. The van der Waals surface area contributed by atoms with E-state index in [2.05, 4.69) is 10.00 Å². The second-order valence-electron chi connectivity index (χ2n) is 12.5. The number of nitrogens with zero attached hydrogens (tertiary/aromatic N) is 5. The van der Waals surface area contributed by atoms with Gasteiger partial charge in [-0.05, 0) is 81.8 Å². The van der Waals surface area contributed by atoms with Crippen LogP contribution in [0.2, 0.25) is 0 Å². The number of carbonyl (C=O) groups excluding carboxylic acids is 2. The molecule has 2 aromatic carbocycles. The third-order valence-electron chi connectivity index (χ3n) is 8.09. The highest BCUT2D eigenvalue weighted by Crippen LogP contribution is 2.33. The van der Waals surface area contributed by atoms with Crippen molar-refractivity contribution in [3.63, 3.8) is 0 Å². The van der Waals surface area contributed by atoms with E-state index in [1.54, 1.807) is 19.1 Å². The molecule has 0 saturated carbocycles. The minimum absolute atomic E-state index is 0.00749. The summed E-state index contributed by atoms with van der Waals surface area (Å²) >= 11 is 0. The van der Waals surface area contributed by atoms with Gasteiger partial charge in [-0.1, -0.05) is 24.3 Å². The molecule has 1 aromatic heterocycles. The predicted octanol–water partition coefficient (Wildman–Crippen LogP) is 5.90. The highest BCUT2D eigenvalue weighted by atomic mass is 16.6. The number of likely N-dealkylation sites (N-methyl/N-ethyl adjacent to an activating group) is 1. The molecule has 5 rings (SSSR count). The molecule has 0 bridgehead atoms. The maximum absolute atomic E-state index is 14.4. The molecule has 2 fully saturated rings. The smallest absolute Gasteiger partial charge is 0.410 e. The van der Waals surface area contributed by atoms with Gasteiger partial charge in [0.05, 0.1) is 13.3 Å². The van der Waals surface area contributed by atoms with Gasteiger partial charge >= 0.3 is 6.09 Å². The van der Waals surface area contributed by atoms with Crippen LogP contribution >= 0.6 is 0 Å². The van der Waals surface area contributed by atoms with Crippen molar-refractivity contribution >= 4 is 17.7 Å². The first-order chi connectivity index (χ1) is 21.1. The van der Waals surface area contributed by atoms with Gasteiger partial charge in [-0.3, -0.25) is 9.69 Å². The van der Waals surface area contributed by atoms with Gasteiger partial charge in [-0.25, -0.2) is 9.48 Å². The summed E-state index contributed by atoms with van der Waals surface area (Å²) in [5.41, 5.74) is 3.18. The lowest BCUT2D eigenvalue weighted by atomic mass is 10.0. The van der Waals surface area contributed by atoms with Gasteiger partial charge in [0.15, 0.2) is 0 Å². The Balaban J connectivity index is 1.35. The first-order valence-corrected chi connectivity index (χ1v) is 15.5. The normalized spacial score (nSPS) is 19.8. The lowest BCUT2D eigenvalue weighted by Gasteiger charge is -2.33. The van der Waals surface area contributed by atoms with E-state index in [9.17, 15) is 9.59 Å². The van der Waals surface area contributed by atoms with Crippen LogP contribution in [0.3, 0.4) is 0 Å². The van der Waals surface area contributed by atoms with Crippen molar-refractivity contribution in [2.75, 3.05) is 51.8 Å². The van der Waals surface area contributed by atoms with Crippen LogP contribution in [0.4, 0.5) is 10.5 Å². The third-order valence-corrected chi connectivity index (χ3v) is 8.09. The number of rotatable bonds is 8. The molecule has 10 nitrogen and oxygen atoms in total. The van der Waals surface area contributed by atoms with Crippen LogP contribution in [0, 0.1) is 0 Å². The molecule has 2 atom stereocenters. The van der Waals surface area contributed by atoms with E-state index in [0.717, 1.165) is 54.7 Å². The summed E-state index contributed by atoms with van der Waals surface area (Å²) in [5, 5.41) is 4.56. The fraction of sp³-hybridized carbons (Fsp3) is 0.500. The molecule has 2 saturated heterocycles. The van der Waals surface area contributed by atoms with Crippen molar-refractivity contribution in [1.29, 1.82) is 0 Å². The fourth-order valence-electron chi connectivity index (χ4n) is 5.76. The summed E-state index contributed by atoms with van der Waals surface area (Å²) in [5.74, 6) is 0.686. The third kappa shape index (κ3) is 7.60. The fourth-order valence-corrected chi connectivity index (χ4v) is 5.76. The van der Waals surface area contributed by atoms with Crippen LogP contribution in [0.15, 0.2) is 60.9 Å². The molecule has 0 radical (unpaired) electrons. The number of hydrogen-bond donors (Lipinski definition) is 0. The number of aromatic nitrogens is 2. The Kier molecular flexibility index (Phi) is 9.90. The monoisotopic (exact) mass is 603 g/mol. The van der Waals surface area contributed by atoms with Gasteiger partial charge in [-0.2, -0.15) is 5.10 Å². The van der Waals surface area contributed by atoms with Crippen molar-refractivity contribution < 1.29 is 23.8 Å². The molecule has 3 aromatic rings. The Hall–Kier alpha value is -3.89. The quantitative estimate of drug-likeness (QED) is 0.317. The minimum atomic E-state index is -0.576. The number of benzene rings is 2. The second kappa shape index (κ2) is 13.8. The summed E-state index contributed by atoms with van der Waals surface area (Å²) in [6.45, 7) is 8.57. The second-order valence-corrected chi connectivity index (χ2v) is 12.5. The van der Waals surface area contributed by atoms with Gasteiger partial charge in [0, 0.05) is 57.3 Å². The van der Waals surface area contributed by atoms with Crippen molar-refractivity contribution in [3.8, 4) is 16.9 Å². The van der Waals surface area contributed by atoms with Crippen molar-refractivity contribution in [1.82, 2.24) is 19.6 Å². The summed E-state index contributed by atoms with van der Waals surface area (Å²) in [7, 11) is 3.36. The van der Waals surface area contributed by atoms with Gasteiger partial charge < -0.3 is 24.0 Å². The number of methoxy groups -OCH3 is 1. The Labute approximate surface area is 260 Å². The Morgan fingerprint density at radius 3 is 2.57 bits per heavy atom. The zero-order valence-electron chi connectivity index (χ0n) is 26.6. The average Bonchev–Trinajstić information content (AvgIpc) is 3.45. The van der Waals surface area contributed by atoms with Crippen LogP contribution in [0.25, 0.3) is 11.1 Å². The maximum atomic E-state index is 14.4. The largest absolute Gasteiger partial charge is 0.497 e. The summed E-state index contributed by atoms with van der Waals surface area (Å²) in [6.07, 6.45) is 7.52. The van der Waals surface area contributed by atoms with Gasteiger partial charge in [0.2, 0.25) is 5.91 Å². The first kappa shape index (κ1) is 31.5. The van der Waals surface area contributed by atoms with Crippen LogP contribution in [0.5, 0.6) is 5.75 Å². The lowest BCUT2D eigenvalue weighted by Crippen LogP contribution is -2.44. The maximum Gasteiger partial charge on any atom is 0.410 e. The zero-order valence-corrected chi connectivity index (χ0v) is 26.6. The molecule has 0 aliphatic carbocycles. The minimum Gasteiger partial charge on any atom is -0.497 e. The lowest BCUT2D eigenvalue weighted by molar-refractivity contribution is -0.123. The molecule has 236 valence electrons. The van der Waals surface area contributed by atoms with E-state index in [-0.39, 0.29) is 18.2 Å². The zero-order chi connectivity index (χ0) is 31.3. The van der Waals surface area contributed by atoms with Gasteiger partial charge in [-0.15, -0.1) is 0 Å². The molecule has 10 heteroatoms. The van der Waals surface area contributed by atoms with Crippen molar-refractivity contribution in [2.24, 2.45) is 0 Å². The van der Waals surface area contributed by atoms with E-state index in [0.29, 0.717) is 31.9 Å². The number of carbonyl (C=O) groups is 2. The van der Waals surface area contributed by atoms with Crippen molar-refractivity contribution in [2.45, 2.75) is 64.3 Å². The van der Waals surface area contributed by atoms with Gasteiger partial charge in [0.1, 0.15) is 23.6 Å². The molecule has 2 amide bonds. The van der Waals surface area contributed by atoms with Gasteiger partial charge in [0.25, 0.3) is 0 Å².